The van der Waals surface area contributed by atoms with E-state index in [1.54, 1.807) is 36.5 Å². The van der Waals surface area contributed by atoms with Gasteiger partial charge in [0, 0.05) is 28.8 Å². The number of allylic oxidation sites excluding steroid dienone is 2. The minimum absolute atomic E-state index is 0.174. The van der Waals surface area contributed by atoms with E-state index in [1.807, 2.05) is 0 Å². The number of methoxy groups -OCH3 is 2. The van der Waals surface area contributed by atoms with Crippen LogP contribution < -0.4 is 4.74 Å². The van der Waals surface area contributed by atoms with Crippen molar-refractivity contribution in [2.24, 2.45) is 0 Å². The second-order valence-electron chi connectivity index (χ2n) is 5.00. The molecular weight excluding hydrogens is 305 g/mol. The number of thiophene rings is 1. The van der Waals surface area contributed by atoms with Crippen molar-refractivity contribution >= 4 is 17.2 Å². The molecule has 0 bridgehead atoms. The quantitative estimate of drug-likeness (QED) is 0.856. The highest BCUT2D eigenvalue weighted by atomic mass is 32.1. The normalized spacial score (nSPS) is 20.5. The average Bonchev–Trinajstić information content (AvgIpc) is 3.11. The zero-order chi connectivity index (χ0) is 15.9. The highest BCUT2D eigenvalue weighted by Gasteiger charge is 2.38. The molecule has 1 unspecified atom stereocenters. The van der Waals surface area contributed by atoms with Crippen LogP contribution in [0.1, 0.15) is 23.7 Å². The molecule has 0 spiro atoms. The van der Waals surface area contributed by atoms with Gasteiger partial charge >= 0.3 is 0 Å². The van der Waals surface area contributed by atoms with E-state index in [9.17, 15) is 9.18 Å². The highest BCUT2D eigenvalue weighted by molar-refractivity contribution is 7.12. The molecule has 1 aliphatic carbocycles. The Bertz CT molecular complexity index is 717. The summed E-state index contributed by atoms with van der Waals surface area (Å²) in [7, 11) is 2.99. The largest absolute Gasteiger partial charge is 0.494 e. The van der Waals surface area contributed by atoms with Crippen LogP contribution in [0.25, 0.3) is 0 Å². The maximum Gasteiger partial charge on any atom is 0.259 e. The van der Waals surface area contributed by atoms with Crippen LogP contribution in [0.5, 0.6) is 5.06 Å². The number of nitrogens with zero attached hydrogens (tertiary/aromatic N) is 1. The molecule has 0 saturated heterocycles. The first-order valence-corrected chi connectivity index (χ1v) is 7.65. The van der Waals surface area contributed by atoms with Gasteiger partial charge in [-0.3, -0.25) is 4.79 Å². The van der Waals surface area contributed by atoms with Crippen LogP contribution in [0.2, 0.25) is 0 Å². The number of fused-ring (bicyclic) bond motifs is 1. The molecule has 1 aromatic rings. The molecule has 4 nitrogen and oxygen atoms in total. The van der Waals surface area contributed by atoms with Gasteiger partial charge in [0.1, 0.15) is 0 Å². The van der Waals surface area contributed by atoms with E-state index in [0.29, 0.717) is 28.3 Å². The lowest BCUT2D eigenvalue weighted by molar-refractivity contribution is 0.0779. The van der Waals surface area contributed by atoms with Gasteiger partial charge in [-0.15, -0.1) is 11.3 Å². The van der Waals surface area contributed by atoms with Gasteiger partial charge in [-0.1, -0.05) is 0 Å². The number of hydrogen-bond donors (Lipinski definition) is 0. The number of carbonyl (C=O) groups excluding carboxylic acids is 1. The van der Waals surface area contributed by atoms with Gasteiger partial charge in [0.15, 0.2) is 16.6 Å². The van der Waals surface area contributed by atoms with Gasteiger partial charge in [0.2, 0.25) is 0 Å². The summed E-state index contributed by atoms with van der Waals surface area (Å²) < 4.78 is 24.5. The third-order valence-electron chi connectivity index (χ3n) is 3.76. The summed E-state index contributed by atoms with van der Waals surface area (Å²) in [5, 5.41) is 2.41. The van der Waals surface area contributed by atoms with E-state index in [4.69, 9.17) is 9.47 Å². The minimum atomic E-state index is -0.448. The lowest BCUT2D eigenvalue weighted by Crippen LogP contribution is -2.36. The number of halogens is 1. The lowest BCUT2D eigenvalue weighted by atomic mass is 9.98. The summed E-state index contributed by atoms with van der Waals surface area (Å²) in [5.74, 6) is -0.416. The van der Waals surface area contributed by atoms with Crippen LogP contribution in [-0.2, 0) is 4.74 Å². The molecule has 1 aliphatic heterocycles. The molecule has 6 heteroatoms. The van der Waals surface area contributed by atoms with Crippen molar-refractivity contribution in [1.82, 2.24) is 4.90 Å². The van der Waals surface area contributed by atoms with Crippen LogP contribution >= 0.6 is 11.3 Å². The zero-order valence-corrected chi connectivity index (χ0v) is 13.3. The average molecular weight is 320 g/mol. The van der Waals surface area contributed by atoms with Gasteiger partial charge < -0.3 is 14.4 Å². The molecule has 3 rings (SSSR count). The Kier molecular flexibility index (Phi) is 3.78. The fourth-order valence-corrected chi connectivity index (χ4v) is 3.41. The molecular formula is C16H15FNO3S. The van der Waals surface area contributed by atoms with Crippen molar-refractivity contribution in [2.75, 3.05) is 14.2 Å². The van der Waals surface area contributed by atoms with Crippen LogP contribution in [0.3, 0.4) is 0 Å². The van der Waals surface area contributed by atoms with E-state index in [-0.39, 0.29) is 17.7 Å². The fraction of sp³-hybridized carbons (Fsp3) is 0.312. The van der Waals surface area contributed by atoms with E-state index in [2.05, 4.69) is 6.08 Å². The van der Waals surface area contributed by atoms with Crippen molar-refractivity contribution in [1.29, 1.82) is 0 Å². The Morgan fingerprint density at radius 2 is 2.23 bits per heavy atom. The Balaban J connectivity index is 1.92. The molecule has 0 fully saturated rings. The third-order valence-corrected chi connectivity index (χ3v) is 4.65. The first kappa shape index (κ1) is 14.8. The van der Waals surface area contributed by atoms with Gasteiger partial charge in [-0.05, 0) is 19.4 Å². The fourth-order valence-electron chi connectivity index (χ4n) is 2.71. The summed E-state index contributed by atoms with van der Waals surface area (Å²) in [6.45, 7) is 1.76. The molecule has 0 N–H and O–H groups in total. The smallest absolute Gasteiger partial charge is 0.259 e. The van der Waals surface area contributed by atoms with E-state index in [1.165, 1.54) is 18.4 Å². The topological polar surface area (TPSA) is 38.8 Å². The van der Waals surface area contributed by atoms with Crippen molar-refractivity contribution < 1.29 is 18.7 Å². The van der Waals surface area contributed by atoms with Crippen LogP contribution in [0.15, 0.2) is 40.4 Å². The lowest BCUT2D eigenvalue weighted by Gasteiger charge is -2.28. The van der Waals surface area contributed by atoms with Crippen molar-refractivity contribution in [3.05, 3.63) is 52.0 Å². The number of hydrogen-bond acceptors (Lipinski definition) is 4. The summed E-state index contributed by atoms with van der Waals surface area (Å²) >= 11 is 1.35. The van der Waals surface area contributed by atoms with Crippen LogP contribution in [0, 0.1) is 6.08 Å². The Labute approximate surface area is 132 Å². The highest BCUT2D eigenvalue weighted by Crippen LogP contribution is 2.38. The maximum atomic E-state index is 14.3. The second kappa shape index (κ2) is 5.61. The van der Waals surface area contributed by atoms with Gasteiger partial charge in [-0.25, -0.2) is 4.39 Å². The Morgan fingerprint density at radius 3 is 2.86 bits per heavy atom. The van der Waals surface area contributed by atoms with Crippen molar-refractivity contribution in [2.45, 2.75) is 19.4 Å². The molecule has 0 aromatic carbocycles. The minimum Gasteiger partial charge on any atom is -0.494 e. The van der Waals surface area contributed by atoms with Crippen LogP contribution in [-0.4, -0.2) is 31.1 Å². The standard InChI is InChI=1S/C16H15FNO3S/c1-9-6-11-12(4-5-13(20-2)15(11)17)18(9)16(19)10-7-14(21-3)22-8-10/h5,7-8,12H,4H2,1-3H3. The molecule has 0 saturated carbocycles. The van der Waals surface area contributed by atoms with E-state index in [0.717, 1.165) is 0 Å². The molecule has 2 aliphatic rings. The predicted molar refractivity (Wildman–Crippen MR) is 81.1 cm³/mol. The first-order chi connectivity index (χ1) is 10.6. The summed E-state index contributed by atoms with van der Waals surface area (Å²) in [6, 6.07) is 1.33. The van der Waals surface area contributed by atoms with Crippen molar-refractivity contribution in [3.8, 4) is 5.06 Å². The SMILES string of the molecule is COC1=CCC2C(=C1F)[C]=C(C)N2C(=O)c1csc(OC)c1. The Hall–Kier alpha value is -2.08. The van der Waals surface area contributed by atoms with Gasteiger partial charge in [0.05, 0.1) is 25.8 Å². The number of amides is 1. The third kappa shape index (κ3) is 2.23. The van der Waals surface area contributed by atoms with E-state index >= 15 is 0 Å². The number of rotatable bonds is 3. The molecule has 2 heterocycles. The van der Waals surface area contributed by atoms with Gasteiger partial charge in [-0.2, -0.15) is 0 Å². The zero-order valence-electron chi connectivity index (χ0n) is 12.5. The molecule has 1 radical (unpaired) electrons. The van der Waals surface area contributed by atoms with Gasteiger partial charge in [0.25, 0.3) is 5.91 Å². The van der Waals surface area contributed by atoms with Crippen LogP contribution in [0.4, 0.5) is 4.39 Å². The predicted octanol–water partition coefficient (Wildman–Crippen LogP) is 3.45. The summed E-state index contributed by atoms with van der Waals surface area (Å²) in [6.07, 6.45) is 5.14. The molecule has 115 valence electrons. The molecule has 1 atom stereocenters. The molecule has 1 aromatic heterocycles. The maximum absolute atomic E-state index is 14.3. The molecule has 1 amide bonds. The monoisotopic (exact) mass is 320 g/mol. The first-order valence-electron chi connectivity index (χ1n) is 6.77. The number of ether oxygens (including phenoxy) is 2. The second-order valence-corrected chi connectivity index (χ2v) is 5.87. The van der Waals surface area contributed by atoms with Crippen molar-refractivity contribution in [3.63, 3.8) is 0 Å². The molecule has 22 heavy (non-hydrogen) atoms. The summed E-state index contributed by atoms with van der Waals surface area (Å²) in [4.78, 5) is 14.3. The van der Waals surface area contributed by atoms with E-state index < -0.39 is 5.83 Å². The summed E-state index contributed by atoms with van der Waals surface area (Å²) in [5.41, 5.74) is 1.52. The Morgan fingerprint density at radius 1 is 1.45 bits per heavy atom. The number of carbonyl (C=O) groups is 1.